The Morgan fingerprint density at radius 1 is 0.857 bits per heavy atom. The molecular weight excluding hydrogens is 393 g/mol. The fraction of sp³-hybridized carbons (Fsp3) is 0.217. The van der Waals surface area contributed by atoms with Gasteiger partial charge in [0.2, 0.25) is 0 Å². The molecule has 0 atom stereocenters. The summed E-state index contributed by atoms with van der Waals surface area (Å²) in [5.74, 6) is 1.47. The van der Waals surface area contributed by atoms with Gasteiger partial charge in [-0.25, -0.2) is 0 Å². The quantitative estimate of drug-likeness (QED) is 0.611. The van der Waals surface area contributed by atoms with Crippen LogP contribution in [0.15, 0.2) is 66.7 Å². The molecule has 28 heavy (non-hydrogen) atoms. The van der Waals surface area contributed by atoms with Crippen LogP contribution in [-0.2, 0) is 19.7 Å². The van der Waals surface area contributed by atoms with Crippen molar-refractivity contribution in [2.45, 2.75) is 26.6 Å². The van der Waals surface area contributed by atoms with E-state index in [1.54, 1.807) is 7.11 Å². The number of benzene rings is 3. The fourth-order valence-corrected chi connectivity index (χ4v) is 3.03. The SMILES string of the molecule is COc1cccc(CNCc2ccc(C)cc2)c1OCc1ccccc1Cl.[Cl-]. The highest BCUT2D eigenvalue weighted by molar-refractivity contribution is 6.31. The van der Waals surface area contributed by atoms with Gasteiger partial charge in [0, 0.05) is 29.2 Å². The van der Waals surface area contributed by atoms with Crippen LogP contribution in [0, 0.1) is 6.92 Å². The molecule has 0 saturated heterocycles. The third kappa shape index (κ3) is 5.90. The lowest BCUT2D eigenvalue weighted by atomic mass is 10.1. The van der Waals surface area contributed by atoms with Crippen molar-refractivity contribution in [2.75, 3.05) is 7.11 Å². The van der Waals surface area contributed by atoms with Crippen LogP contribution >= 0.6 is 11.6 Å². The molecule has 3 nitrogen and oxygen atoms in total. The zero-order valence-corrected chi connectivity index (χ0v) is 17.6. The second-order valence-electron chi connectivity index (χ2n) is 6.42. The van der Waals surface area contributed by atoms with Gasteiger partial charge in [-0.05, 0) is 24.6 Å². The number of hydrogen-bond donors (Lipinski definition) is 1. The first-order chi connectivity index (χ1) is 13.2. The summed E-state index contributed by atoms with van der Waals surface area (Å²) in [7, 11) is 1.65. The van der Waals surface area contributed by atoms with Crippen molar-refractivity contribution in [2.24, 2.45) is 0 Å². The molecule has 0 radical (unpaired) electrons. The van der Waals surface area contributed by atoms with Crippen molar-refractivity contribution in [3.05, 3.63) is 94.0 Å². The first-order valence-corrected chi connectivity index (χ1v) is 9.33. The molecule has 0 unspecified atom stereocenters. The van der Waals surface area contributed by atoms with Crippen LogP contribution in [-0.4, -0.2) is 7.11 Å². The van der Waals surface area contributed by atoms with Crippen LogP contribution < -0.4 is 27.2 Å². The number of halogens is 2. The lowest BCUT2D eigenvalue weighted by Gasteiger charge is -2.16. The Balaban J connectivity index is 0.00000280. The zero-order chi connectivity index (χ0) is 19.1. The van der Waals surface area contributed by atoms with E-state index in [1.807, 2.05) is 42.5 Å². The van der Waals surface area contributed by atoms with Gasteiger partial charge < -0.3 is 27.2 Å². The van der Waals surface area contributed by atoms with Gasteiger partial charge in [0.05, 0.1) is 7.11 Å². The summed E-state index contributed by atoms with van der Waals surface area (Å²) in [6.45, 7) is 3.96. The van der Waals surface area contributed by atoms with E-state index in [9.17, 15) is 0 Å². The van der Waals surface area contributed by atoms with Crippen LogP contribution in [0.2, 0.25) is 5.02 Å². The van der Waals surface area contributed by atoms with E-state index in [0.29, 0.717) is 18.2 Å². The van der Waals surface area contributed by atoms with E-state index in [2.05, 4.69) is 36.5 Å². The number of ether oxygens (including phenoxy) is 2. The topological polar surface area (TPSA) is 30.5 Å². The predicted octanol–water partition coefficient (Wildman–Crippen LogP) is 2.53. The molecule has 3 rings (SSSR count). The molecule has 0 aliphatic rings. The third-order valence-corrected chi connectivity index (χ3v) is 4.74. The summed E-state index contributed by atoms with van der Waals surface area (Å²) in [5.41, 5.74) is 4.51. The molecule has 3 aromatic rings. The minimum absolute atomic E-state index is 0. The zero-order valence-electron chi connectivity index (χ0n) is 16.0. The van der Waals surface area contributed by atoms with Crippen molar-refractivity contribution in [3.63, 3.8) is 0 Å². The fourth-order valence-electron chi connectivity index (χ4n) is 2.84. The molecule has 0 bridgehead atoms. The van der Waals surface area contributed by atoms with E-state index >= 15 is 0 Å². The maximum absolute atomic E-state index is 6.24. The minimum Gasteiger partial charge on any atom is -1.00 e. The Bertz CT molecular complexity index is 882. The molecule has 3 aromatic carbocycles. The van der Waals surface area contributed by atoms with Gasteiger partial charge in [-0.1, -0.05) is 71.8 Å². The number of nitrogens with one attached hydrogen (secondary N) is 1. The van der Waals surface area contributed by atoms with Gasteiger partial charge >= 0.3 is 0 Å². The maximum atomic E-state index is 6.24. The number of aryl methyl sites for hydroxylation is 1. The second-order valence-corrected chi connectivity index (χ2v) is 6.82. The maximum Gasteiger partial charge on any atom is 0.166 e. The molecule has 0 fully saturated rings. The smallest absolute Gasteiger partial charge is 0.166 e. The number of rotatable bonds is 8. The van der Waals surface area contributed by atoms with Crippen molar-refractivity contribution >= 4 is 11.6 Å². The lowest BCUT2D eigenvalue weighted by molar-refractivity contribution is -0.00000598. The van der Waals surface area contributed by atoms with Crippen molar-refractivity contribution < 1.29 is 21.9 Å². The number of methoxy groups -OCH3 is 1. The summed E-state index contributed by atoms with van der Waals surface area (Å²) >= 11 is 6.24. The van der Waals surface area contributed by atoms with Crippen LogP contribution in [0.4, 0.5) is 0 Å². The van der Waals surface area contributed by atoms with Crippen molar-refractivity contribution in [1.82, 2.24) is 5.32 Å². The van der Waals surface area contributed by atoms with Gasteiger partial charge in [0.25, 0.3) is 0 Å². The summed E-state index contributed by atoms with van der Waals surface area (Å²) in [6.07, 6.45) is 0. The molecule has 5 heteroatoms. The molecule has 1 N–H and O–H groups in total. The third-order valence-electron chi connectivity index (χ3n) is 4.38. The van der Waals surface area contributed by atoms with Gasteiger partial charge in [0.1, 0.15) is 6.61 Å². The Labute approximate surface area is 178 Å². The van der Waals surface area contributed by atoms with E-state index in [-0.39, 0.29) is 12.4 Å². The molecular formula is C23H24Cl2NO2-. The number of para-hydroxylation sites is 1. The predicted molar refractivity (Wildman–Crippen MR) is 111 cm³/mol. The molecule has 0 amide bonds. The Morgan fingerprint density at radius 2 is 1.57 bits per heavy atom. The Morgan fingerprint density at radius 3 is 2.29 bits per heavy atom. The highest BCUT2D eigenvalue weighted by Crippen LogP contribution is 2.32. The Hall–Kier alpha value is -2.20. The Kier molecular flexibility index (Phi) is 8.65. The van der Waals surface area contributed by atoms with Crippen LogP contribution in [0.1, 0.15) is 22.3 Å². The standard InChI is InChI=1S/C23H24ClNO2.ClH/c1-17-10-12-18(13-11-17)14-25-15-19-7-5-9-22(26-2)23(19)27-16-20-6-3-4-8-21(20)24;/h3-13,25H,14-16H2,1-2H3;1H/p-1. The molecule has 148 valence electrons. The summed E-state index contributed by atoms with van der Waals surface area (Å²) in [4.78, 5) is 0. The highest BCUT2D eigenvalue weighted by Gasteiger charge is 2.11. The molecule has 0 saturated carbocycles. The minimum atomic E-state index is 0. The summed E-state index contributed by atoms with van der Waals surface area (Å²) in [5, 5.41) is 4.18. The van der Waals surface area contributed by atoms with Gasteiger partial charge in [-0.15, -0.1) is 0 Å². The highest BCUT2D eigenvalue weighted by atomic mass is 35.5. The summed E-state index contributed by atoms with van der Waals surface area (Å²) < 4.78 is 11.6. The second kappa shape index (κ2) is 11.0. The first kappa shape index (κ1) is 22.1. The molecule has 0 spiro atoms. The molecule has 0 aromatic heterocycles. The normalized spacial score (nSPS) is 10.2. The molecule has 0 aliphatic heterocycles. The van der Waals surface area contributed by atoms with E-state index in [0.717, 1.165) is 29.2 Å². The van der Waals surface area contributed by atoms with Crippen LogP contribution in [0.3, 0.4) is 0 Å². The van der Waals surface area contributed by atoms with Crippen molar-refractivity contribution in [1.29, 1.82) is 0 Å². The van der Waals surface area contributed by atoms with Gasteiger partial charge in [-0.3, -0.25) is 0 Å². The summed E-state index contributed by atoms with van der Waals surface area (Å²) in [6, 6.07) is 22.2. The molecule has 0 heterocycles. The average molecular weight is 417 g/mol. The van der Waals surface area contributed by atoms with E-state index in [1.165, 1.54) is 11.1 Å². The number of hydrogen-bond acceptors (Lipinski definition) is 3. The average Bonchev–Trinajstić information content (AvgIpc) is 2.69. The monoisotopic (exact) mass is 416 g/mol. The first-order valence-electron chi connectivity index (χ1n) is 8.95. The van der Waals surface area contributed by atoms with E-state index in [4.69, 9.17) is 21.1 Å². The van der Waals surface area contributed by atoms with Gasteiger partial charge in [-0.2, -0.15) is 0 Å². The van der Waals surface area contributed by atoms with Gasteiger partial charge in [0.15, 0.2) is 11.5 Å². The molecule has 0 aliphatic carbocycles. The van der Waals surface area contributed by atoms with Crippen LogP contribution in [0.25, 0.3) is 0 Å². The largest absolute Gasteiger partial charge is 1.00 e. The van der Waals surface area contributed by atoms with Crippen LogP contribution in [0.5, 0.6) is 11.5 Å². The lowest BCUT2D eigenvalue weighted by Crippen LogP contribution is -3.00. The van der Waals surface area contributed by atoms with E-state index < -0.39 is 0 Å². The van der Waals surface area contributed by atoms with Crippen molar-refractivity contribution in [3.8, 4) is 11.5 Å².